The van der Waals surface area contributed by atoms with Crippen LogP contribution < -0.4 is 0 Å². The Bertz CT molecular complexity index is 408. The number of rotatable bonds is 1. The maximum absolute atomic E-state index is 11.2. The van der Waals surface area contributed by atoms with Crippen molar-refractivity contribution in [3.8, 4) is 0 Å². The molecule has 4 nitrogen and oxygen atoms in total. The predicted octanol–water partition coefficient (Wildman–Crippen LogP) is 3.09. The molecule has 4 heteroatoms. The Kier molecular flexibility index (Phi) is 2.86. The van der Waals surface area contributed by atoms with Gasteiger partial charge in [0.2, 0.25) is 5.11 Å². The molecule has 0 aromatic heterocycles. The zero-order valence-corrected chi connectivity index (χ0v) is 11.1. The van der Waals surface area contributed by atoms with Gasteiger partial charge in [-0.3, -0.25) is 0 Å². The molecule has 0 radical (unpaired) electrons. The number of amides is 1. The highest BCUT2D eigenvalue weighted by atomic mass is 16.5. The summed E-state index contributed by atoms with van der Waals surface area (Å²) >= 11 is 0. The molecule has 1 amide bonds. The first-order valence-corrected chi connectivity index (χ1v) is 6.36. The maximum Gasteiger partial charge on any atom is 0.509 e. The average Bonchev–Trinajstić information content (AvgIpc) is 2.59. The first-order valence-electron chi connectivity index (χ1n) is 6.36. The van der Waals surface area contributed by atoms with E-state index in [1.54, 1.807) is 6.92 Å². The van der Waals surface area contributed by atoms with Crippen molar-refractivity contribution < 1.29 is 14.3 Å². The molecule has 0 aromatic carbocycles. The molecule has 0 unspecified atom stereocenters. The minimum absolute atomic E-state index is 0.105. The molecule has 0 aromatic rings. The summed E-state index contributed by atoms with van der Waals surface area (Å²) in [5, 5.41) is 3.65. The third-order valence-corrected chi connectivity index (χ3v) is 5.03. The quantitative estimate of drug-likeness (QED) is 0.520. The first kappa shape index (κ1) is 12.3. The Morgan fingerprint density at radius 2 is 2.24 bits per heavy atom. The van der Waals surface area contributed by atoms with Gasteiger partial charge in [-0.2, -0.15) is 0 Å². The van der Waals surface area contributed by atoms with Crippen molar-refractivity contribution in [2.24, 2.45) is 21.9 Å². The van der Waals surface area contributed by atoms with E-state index in [4.69, 9.17) is 4.74 Å². The second-order valence-electron chi connectivity index (χ2n) is 5.84. The van der Waals surface area contributed by atoms with Crippen LogP contribution in [-0.4, -0.2) is 23.2 Å². The van der Waals surface area contributed by atoms with Gasteiger partial charge in [-0.05, 0) is 38.0 Å². The van der Waals surface area contributed by atoms with Gasteiger partial charge in [0.1, 0.15) is 0 Å². The van der Waals surface area contributed by atoms with E-state index >= 15 is 0 Å². The fraction of sp³-hybridized carbons (Fsp3) is 0.846. The van der Waals surface area contributed by atoms with Crippen LogP contribution in [0.5, 0.6) is 0 Å². The molecule has 2 fully saturated rings. The van der Waals surface area contributed by atoms with E-state index in [0.717, 1.165) is 18.6 Å². The van der Waals surface area contributed by atoms with E-state index in [9.17, 15) is 4.79 Å². The van der Waals surface area contributed by atoms with Crippen molar-refractivity contribution >= 4 is 11.8 Å². The van der Waals surface area contributed by atoms with Gasteiger partial charge in [0, 0.05) is 0 Å². The zero-order chi connectivity index (χ0) is 12.7. The van der Waals surface area contributed by atoms with Gasteiger partial charge in [-0.25, -0.2) is 4.79 Å². The van der Waals surface area contributed by atoms with Crippen LogP contribution in [0.2, 0.25) is 0 Å². The Balaban J connectivity index is 2.26. The molecule has 2 rings (SSSR count). The van der Waals surface area contributed by atoms with Crippen LogP contribution in [0.4, 0.5) is 4.79 Å². The van der Waals surface area contributed by atoms with Gasteiger partial charge in [-0.15, -0.1) is 0 Å². The Labute approximate surface area is 102 Å². The van der Waals surface area contributed by atoms with Crippen LogP contribution in [-0.2, 0) is 4.74 Å². The lowest BCUT2D eigenvalue weighted by molar-refractivity contribution is -0.0999. The summed E-state index contributed by atoms with van der Waals surface area (Å²) < 4.78 is 4.75. The number of hydrogen-bond acceptors (Lipinski definition) is 2. The second kappa shape index (κ2) is 3.95. The Hall–Kier alpha value is -1.15. The standard InChI is InChI=1S/C13H21N2O2/c1-5-17-11(16)15-14-10-8-9-6-7-13(10,4)12(9,2)3/h9H,5-8H2,1-4H3/q+1/t9-,13+/m0/s1. The van der Waals surface area contributed by atoms with E-state index in [1.165, 1.54) is 6.42 Å². The highest BCUT2D eigenvalue weighted by Gasteiger charge is 2.65. The lowest BCUT2D eigenvalue weighted by Crippen LogP contribution is -2.33. The normalized spacial score (nSPS) is 33.4. The summed E-state index contributed by atoms with van der Waals surface area (Å²) in [6.07, 6.45) is 2.82. The fourth-order valence-electron chi connectivity index (χ4n) is 3.33. The summed E-state index contributed by atoms with van der Waals surface area (Å²) in [5.41, 5.74) is 1.45. The lowest BCUT2D eigenvalue weighted by Gasteiger charge is -2.29. The van der Waals surface area contributed by atoms with Gasteiger partial charge in [0.25, 0.3) is 0 Å². The highest BCUT2D eigenvalue weighted by molar-refractivity contribution is 5.89. The minimum atomic E-state index is -0.579. The molecular formula is C13H21N2O2+. The van der Waals surface area contributed by atoms with Crippen molar-refractivity contribution in [2.75, 3.05) is 6.61 Å². The fourth-order valence-corrected chi connectivity index (χ4v) is 3.33. The zero-order valence-electron chi connectivity index (χ0n) is 11.1. The van der Waals surface area contributed by atoms with Gasteiger partial charge >= 0.3 is 11.8 Å². The molecule has 0 spiro atoms. The highest BCUT2D eigenvalue weighted by Crippen LogP contribution is 2.63. The Morgan fingerprint density at radius 3 is 2.71 bits per heavy atom. The van der Waals surface area contributed by atoms with E-state index < -0.39 is 6.09 Å². The van der Waals surface area contributed by atoms with Crippen molar-refractivity contribution in [3.63, 3.8) is 0 Å². The van der Waals surface area contributed by atoms with Crippen molar-refractivity contribution in [3.05, 3.63) is 0 Å². The van der Waals surface area contributed by atoms with Gasteiger partial charge < -0.3 is 4.74 Å². The van der Waals surface area contributed by atoms with Crippen LogP contribution in [0, 0.1) is 16.7 Å². The van der Waals surface area contributed by atoms with Gasteiger partial charge in [-0.1, -0.05) is 13.8 Å². The van der Waals surface area contributed by atoms with E-state index in [2.05, 4.69) is 30.7 Å². The van der Waals surface area contributed by atoms with Crippen molar-refractivity contribution in [1.82, 2.24) is 0 Å². The maximum atomic E-state index is 11.2. The molecule has 2 atom stereocenters. The molecule has 0 saturated heterocycles. The molecular weight excluding hydrogens is 216 g/mol. The van der Waals surface area contributed by atoms with Crippen molar-refractivity contribution in [2.45, 2.75) is 47.0 Å². The number of nitrogens with zero attached hydrogens (tertiary/aromatic N) is 2. The number of fused-ring (bicyclic) bond motifs is 2. The summed E-state index contributed by atoms with van der Waals surface area (Å²) in [6.45, 7) is 8.97. The number of hydrogen-bond donors (Lipinski definition) is 0. The van der Waals surface area contributed by atoms with Crippen LogP contribution in [0.15, 0.2) is 5.11 Å². The third kappa shape index (κ3) is 1.71. The molecule has 17 heavy (non-hydrogen) atoms. The largest absolute Gasteiger partial charge is 0.509 e. The monoisotopic (exact) mass is 237 g/mol. The van der Waals surface area contributed by atoms with Crippen LogP contribution in [0.25, 0.3) is 0 Å². The third-order valence-electron chi connectivity index (χ3n) is 5.03. The summed E-state index contributed by atoms with van der Waals surface area (Å²) in [5.74, 6) is 0.684. The van der Waals surface area contributed by atoms with E-state index in [-0.39, 0.29) is 10.8 Å². The molecule has 94 valence electrons. The van der Waals surface area contributed by atoms with Gasteiger partial charge in [0.15, 0.2) is 0 Å². The van der Waals surface area contributed by atoms with Crippen LogP contribution in [0.3, 0.4) is 0 Å². The molecule has 0 aliphatic heterocycles. The van der Waals surface area contributed by atoms with E-state index in [1.807, 2.05) is 0 Å². The molecule has 2 aliphatic carbocycles. The minimum Gasteiger partial charge on any atom is -0.444 e. The molecule has 0 N–H and O–H groups in total. The van der Waals surface area contributed by atoms with E-state index in [0.29, 0.717) is 12.5 Å². The molecule has 2 bridgehead atoms. The topological polar surface area (TPSA) is 52.8 Å². The smallest absolute Gasteiger partial charge is 0.444 e. The van der Waals surface area contributed by atoms with Gasteiger partial charge in [0.05, 0.1) is 23.2 Å². The summed E-state index contributed by atoms with van der Waals surface area (Å²) in [7, 11) is 0. The van der Waals surface area contributed by atoms with Crippen molar-refractivity contribution in [1.29, 1.82) is 0 Å². The summed E-state index contributed by atoms with van der Waals surface area (Å²) in [6, 6.07) is 0. The summed E-state index contributed by atoms with van der Waals surface area (Å²) in [4.78, 5) is 15.3. The molecule has 2 saturated carbocycles. The van der Waals surface area contributed by atoms with Crippen LogP contribution in [0.1, 0.15) is 47.0 Å². The Morgan fingerprint density at radius 1 is 1.53 bits per heavy atom. The lowest BCUT2D eigenvalue weighted by atomic mass is 9.70. The SMILES string of the molecule is CCOC(=O)N=[N+]=C1C[C@@H]2CC[C@@]1(C)C2(C)C. The average molecular weight is 237 g/mol. The number of carbonyl (C=O) groups excluding carboxylic acids is 1. The predicted molar refractivity (Wildman–Crippen MR) is 63.9 cm³/mol. The molecule has 0 heterocycles. The number of carbonyl (C=O) groups is 1. The van der Waals surface area contributed by atoms with Crippen LogP contribution >= 0.6 is 0 Å². The second-order valence-corrected chi connectivity index (χ2v) is 5.84. The number of ether oxygens (including phenoxy) is 1. The molecule has 2 aliphatic rings. The first-order chi connectivity index (χ1) is 7.91.